The molecule has 3 heteroatoms. The Morgan fingerprint density at radius 3 is 2.65 bits per heavy atom. The minimum Gasteiger partial charge on any atom is -0.459 e. The van der Waals surface area contributed by atoms with Crippen LogP contribution in [0.3, 0.4) is 0 Å². The van der Waals surface area contributed by atoms with Crippen LogP contribution in [0.4, 0.5) is 0 Å². The van der Waals surface area contributed by atoms with Gasteiger partial charge in [-0.05, 0) is 43.7 Å². The van der Waals surface area contributed by atoms with Gasteiger partial charge in [0.25, 0.3) is 0 Å². The fourth-order valence-electron chi connectivity index (χ4n) is 2.50. The van der Waals surface area contributed by atoms with Crippen LogP contribution in [-0.4, -0.2) is 0 Å². The maximum Gasteiger partial charge on any atom is 0.134 e. The Hall–Kier alpha value is -1.77. The van der Waals surface area contributed by atoms with E-state index in [9.17, 15) is 0 Å². The van der Waals surface area contributed by atoms with Crippen molar-refractivity contribution in [1.29, 1.82) is 0 Å². The van der Waals surface area contributed by atoms with Crippen molar-refractivity contribution < 1.29 is 4.42 Å². The van der Waals surface area contributed by atoms with Crippen molar-refractivity contribution in [3.63, 3.8) is 0 Å². The lowest BCUT2D eigenvalue weighted by Gasteiger charge is -2.10. The highest BCUT2D eigenvalue weighted by Crippen LogP contribution is 2.32. The van der Waals surface area contributed by atoms with Gasteiger partial charge < -0.3 is 10.2 Å². The summed E-state index contributed by atoms with van der Waals surface area (Å²) in [5.74, 6) is 0.799. The maximum absolute atomic E-state index is 6.34. The SMILES string of the molecule is Cc1ccc2oc(C(N)c3cccc(Cl)c3)c(C)c2c1. The van der Waals surface area contributed by atoms with Crippen LogP contribution in [0.25, 0.3) is 11.0 Å². The first-order valence-corrected chi connectivity index (χ1v) is 6.95. The van der Waals surface area contributed by atoms with Crippen LogP contribution >= 0.6 is 11.6 Å². The fourth-order valence-corrected chi connectivity index (χ4v) is 2.70. The molecule has 20 heavy (non-hydrogen) atoms. The van der Waals surface area contributed by atoms with Crippen molar-refractivity contribution in [2.24, 2.45) is 5.73 Å². The smallest absolute Gasteiger partial charge is 0.134 e. The van der Waals surface area contributed by atoms with Gasteiger partial charge in [-0.1, -0.05) is 35.4 Å². The molecule has 0 amide bonds. The second-order valence-corrected chi connectivity index (χ2v) is 5.56. The van der Waals surface area contributed by atoms with Crippen molar-refractivity contribution in [2.75, 3.05) is 0 Å². The van der Waals surface area contributed by atoms with Gasteiger partial charge >= 0.3 is 0 Å². The molecule has 1 aromatic heterocycles. The zero-order valence-electron chi connectivity index (χ0n) is 11.5. The molecule has 0 spiro atoms. The van der Waals surface area contributed by atoms with E-state index in [0.29, 0.717) is 5.02 Å². The molecule has 2 N–H and O–H groups in total. The number of benzene rings is 2. The molecule has 2 nitrogen and oxygen atoms in total. The standard InChI is InChI=1S/C17H16ClNO/c1-10-6-7-15-14(8-10)11(2)17(20-15)16(19)12-4-3-5-13(18)9-12/h3-9,16H,19H2,1-2H3. The second-order valence-electron chi connectivity index (χ2n) is 5.12. The van der Waals surface area contributed by atoms with E-state index in [1.165, 1.54) is 5.56 Å². The summed E-state index contributed by atoms with van der Waals surface area (Å²) in [5, 5.41) is 1.81. The third-order valence-electron chi connectivity index (χ3n) is 3.62. The van der Waals surface area contributed by atoms with E-state index in [4.69, 9.17) is 21.8 Å². The Bertz CT molecular complexity index is 776. The molecule has 0 saturated carbocycles. The van der Waals surface area contributed by atoms with Gasteiger partial charge in [0.05, 0.1) is 6.04 Å². The molecule has 0 aliphatic carbocycles. The minimum atomic E-state index is -0.304. The molecule has 0 radical (unpaired) electrons. The average Bonchev–Trinajstić information content (AvgIpc) is 2.75. The predicted octanol–water partition coefficient (Wildman–Crippen LogP) is 4.75. The van der Waals surface area contributed by atoms with Crippen molar-refractivity contribution in [1.82, 2.24) is 0 Å². The van der Waals surface area contributed by atoms with Crippen molar-refractivity contribution >= 4 is 22.6 Å². The van der Waals surface area contributed by atoms with Gasteiger partial charge in [-0.25, -0.2) is 0 Å². The summed E-state index contributed by atoms with van der Waals surface area (Å²) < 4.78 is 5.94. The lowest BCUT2D eigenvalue weighted by atomic mass is 10.0. The van der Waals surface area contributed by atoms with E-state index in [-0.39, 0.29) is 6.04 Å². The highest BCUT2D eigenvalue weighted by atomic mass is 35.5. The Morgan fingerprint density at radius 1 is 1.10 bits per heavy atom. The van der Waals surface area contributed by atoms with Gasteiger partial charge in [0.15, 0.2) is 0 Å². The van der Waals surface area contributed by atoms with Crippen LogP contribution in [0.1, 0.15) is 28.5 Å². The largest absolute Gasteiger partial charge is 0.459 e. The van der Waals surface area contributed by atoms with Crippen molar-refractivity contribution in [3.05, 3.63) is 69.9 Å². The third kappa shape index (κ3) is 2.21. The Labute approximate surface area is 123 Å². The molecule has 1 atom stereocenters. The summed E-state index contributed by atoms with van der Waals surface area (Å²) in [4.78, 5) is 0. The Kier molecular flexibility index (Phi) is 3.28. The first-order valence-electron chi connectivity index (χ1n) is 6.57. The van der Waals surface area contributed by atoms with Gasteiger partial charge in [0.1, 0.15) is 11.3 Å². The van der Waals surface area contributed by atoms with Gasteiger partial charge in [0.2, 0.25) is 0 Å². The highest BCUT2D eigenvalue weighted by Gasteiger charge is 2.18. The first kappa shape index (κ1) is 13.2. The normalized spacial score (nSPS) is 12.8. The molecule has 0 saturated heterocycles. The summed E-state index contributed by atoms with van der Waals surface area (Å²) in [6, 6.07) is 13.4. The summed E-state index contributed by atoms with van der Waals surface area (Å²) in [6.45, 7) is 4.12. The number of hydrogen-bond acceptors (Lipinski definition) is 2. The van der Waals surface area contributed by atoms with Gasteiger partial charge in [-0.2, -0.15) is 0 Å². The number of nitrogens with two attached hydrogens (primary N) is 1. The van der Waals surface area contributed by atoms with E-state index in [2.05, 4.69) is 13.0 Å². The zero-order valence-corrected chi connectivity index (χ0v) is 12.2. The molecular weight excluding hydrogens is 270 g/mol. The van der Waals surface area contributed by atoms with Crippen molar-refractivity contribution in [2.45, 2.75) is 19.9 Å². The zero-order chi connectivity index (χ0) is 14.3. The monoisotopic (exact) mass is 285 g/mol. The summed E-state index contributed by atoms with van der Waals surface area (Å²) in [7, 11) is 0. The van der Waals surface area contributed by atoms with Crippen LogP contribution < -0.4 is 5.73 Å². The summed E-state index contributed by atoms with van der Waals surface area (Å²) in [6.07, 6.45) is 0. The molecule has 102 valence electrons. The fraction of sp³-hybridized carbons (Fsp3) is 0.176. The Morgan fingerprint density at radius 2 is 1.90 bits per heavy atom. The lowest BCUT2D eigenvalue weighted by Crippen LogP contribution is -2.11. The number of aryl methyl sites for hydroxylation is 2. The molecule has 0 bridgehead atoms. The number of rotatable bonds is 2. The third-order valence-corrected chi connectivity index (χ3v) is 3.85. The van der Waals surface area contributed by atoms with E-state index in [1.807, 2.05) is 43.3 Å². The maximum atomic E-state index is 6.34. The molecule has 0 aliphatic rings. The topological polar surface area (TPSA) is 39.2 Å². The lowest BCUT2D eigenvalue weighted by molar-refractivity contribution is 0.521. The summed E-state index contributed by atoms with van der Waals surface area (Å²) >= 11 is 6.03. The van der Waals surface area contributed by atoms with Gasteiger partial charge in [0, 0.05) is 16.0 Å². The minimum absolute atomic E-state index is 0.304. The van der Waals surface area contributed by atoms with E-state index >= 15 is 0 Å². The second kappa shape index (κ2) is 4.97. The van der Waals surface area contributed by atoms with Crippen LogP contribution in [0.5, 0.6) is 0 Å². The molecule has 0 fully saturated rings. The van der Waals surface area contributed by atoms with E-state index in [0.717, 1.165) is 27.9 Å². The summed E-state index contributed by atoms with van der Waals surface area (Å²) in [5.41, 5.74) is 10.5. The van der Waals surface area contributed by atoms with E-state index in [1.54, 1.807) is 0 Å². The van der Waals surface area contributed by atoms with Crippen molar-refractivity contribution in [3.8, 4) is 0 Å². The molecule has 3 rings (SSSR count). The van der Waals surface area contributed by atoms with E-state index < -0.39 is 0 Å². The highest BCUT2D eigenvalue weighted by molar-refractivity contribution is 6.30. The van der Waals surface area contributed by atoms with Crippen LogP contribution in [0, 0.1) is 13.8 Å². The number of furan rings is 1. The van der Waals surface area contributed by atoms with Crippen LogP contribution in [-0.2, 0) is 0 Å². The number of fused-ring (bicyclic) bond motifs is 1. The first-order chi connectivity index (χ1) is 9.56. The molecule has 1 unspecified atom stereocenters. The Balaban J connectivity index is 2.12. The number of halogens is 1. The predicted molar refractivity (Wildman–Crippen MR) is 83.2 cm³/mol. The van der Waals surface area contributed by atoms with Gasteiger partial charge in [-0.3, -0.25) is 0 Å². The molecule has 2 aromatic carbocycles. The average molecular weight is 286 g/mol. The molecule has 3 aromatic rings. The quantitative estimate of drug-likeness (QED) is 0.738. The molecule has 1 heterocycles. The molecule has 0 aliphatic heterocycles. The van der Waals surface area contributed by atoms with Gasteiger partial charge in [-0.15, -0.1) is 0 Å². The molecular formula is C17H16ClNO. The number of hydrogen-bond donors (Lipinski definition) is 1. The van der Waals surface area contributed by atoms with Crippen LogP contribution in [0.15, 0.2) is 46.9 Å². The van der Waals surface area contributed by atoms with Crippen LogP contribution in [0.2, 0.25) is 5.02 Å².